The average molecular weight is 255 g/mol. The van der Waals surface area contributed by atoms with E-state index in [0.29, 0.717) is 5.92 Å². The maximum absolute atomic E-state index is 11.1. The Morgan fingerprint density at radius 2 is 1.83 bits per heavy atom. The topological polar surface area (TPSA) is 49.3 Å². The van der Waals surface area contributed by atoms with Gasteiger partial charge in [0.15, 0.2) is 0 Å². The lowest BCUT2D eigenvalue weighted by molar-refractivity contribution is -0.140. The molecule has 0 aromatic rings. The second-order valence-electron chi connectivity index (χ2n) is 6.31. The van der Waals surface area contributed by atoms with E-state index in [1.807, 2.05) is 13.8 Å². The molecule has 0 aliphatic heterocycles. The number of carboxylic acids is 1. The zero-order valence-electron chi connectivity index (χ0n) is 12.1. The number of rotatable bonds is 7. The van der Waals surface area contributed by atoms with Crippen LogP contribution >= 0.6 is 0 Å². The molecule has 1 saturated carbocycles. The fraction of sp³-hybridized carbons (Fsp3) is 0.933. The fourth-order valence-electron chi connectivity index (χ4n) is 3.01. The molecule has 0 aromatic heterocycles. The monoisotopic (exact) mass is 255 g/mol. The summed E-state index contributed by atoms with van der Waals surface area (Å²) in [5.74, 6) is 0.867. The van der Waals surface area contributed by atoms with Crippen LogP contribution in [0.25, 0.3) is 0 Å². The maximum atomic E-state index is 11.1. The Hall–Kier alpha value is -0.570. The van der Waals surface area contributed by atoms with Gasteiger partial charge in [0.05, 0.1) is 0 Å². The Morgan fingerprint density at radius 3 is 2.33 bits per heavy atom. The number of hydrogen-bond donors (Lipinski definition) is 2. The standard InChI is InChI=1S/C15H29NO2/c1-11(2)14(15(17)18)16-10-12(3)9-13-7-5-4-6-8-13/h11-14,16H,4-10H2,1-3H3,(H,17,18)/t12?,14-/m1/s1. The highest BCUT2D eigenvalue weighted by atomic mass is 16.4. The molecule has 1 aliphatic carbocycles. The third-order valence-corrected chi connectivity index (χ3v) is 4.08. The molecule has 1 aliphatic rings. The Kier molecular flexibility index (Phi) is 6.69. The van der Waals surface area contributed by atoms with Crippen molar-refractivity contribution >= 4 is 5.97 Å². The Labute approximate surface area is 111 Å². The molecule has 106 valence electrons. The second kappa shape index (κ2) is 7.78. The van der Waals surface area contributed by atoms with Gasteiger partial charge in [-0.1, -0.05) is 52.9 Å². The minimum atomic E-state index is -0.727. The summed E-state index contributed by atoms with van der Waals surface area (Å²) in [6.45, 7) is 6.97. The minimum absolute atomic E-state index is 0.143. The van der Waals surface area contributed by atoms with Crippen molar-refractivity contribution in [2.45, 2.75) is 65.3 Å². The first kappa shape index (κ1) is 15.5. The summed E-state index contributed by atoms with van der Waals surface area (Å²) in [4.78, 5) is 11.1. The Balaban J connectivity index is 2.26. The lowest BCUT2D eigenvalue weighted by atomic mass is 9.83. The van der Waals surface area contributed by atoms with Gasteiger partial charge in [-0.15, -0.1) is 0 Å². The number of hydrogen-bond acceptors (Lipinski definition) is 2. The van der Waals surface area contributed by atoms with E-state index in [0.717, 1.165) is 12.5 Å². The number of nitrogens with one attached hydrogen (secondary N) is 1. The molecule has 0 spiro atoms. The summed E-state index contributed by atoms with van der Waals surface area (Å²) in [6.07, 6.45) is 8.16. The van der Waals surface area contributed by atoms with Crippen molar-refractivity contribution in [2.75, 3.05) is 6.54 Å². The predicted molar refractivity (Wildman–Crippen MR) is 74.6 cm³/mol. The van der Waals surface area contributed by atoms with Crippen molar-refractivity contribution in [2.24, 2.45) is 17.8 Å². The molecule has 2 N–H and O–H groups in total. The van der Waals surface area contributed by atoms with Crippen molar-refractivity contribution in [1.29, 1.82) is 0 Å². The van der Waals surface area contributed by atoms with Crippen LogP contribution in [0.1, 0.15) is 59.3 Å². The second-order valence-corrected chi connectivity index (χ2v) is 6.31. The van der Waals surface area contributed by atoms with E-state index in [9.17, 15) is 4.79 Å². The van der Waals surface area contributed by atoms with Gasteiger partial charge in [0.1, 0.15) is 6.04 Å². The van der Waals surface area contributed by atoms with Crippen molar-refractivity contribution in [3.63, 3.8) is 0 Å². The summed E-state index contributed by atoms with van der Waals surface area (Å²) >= 11 is 0. The molecule has 3 nitrogen and oxygen atoms in total. The molecular formula is C15H29NO2. The molecule has 18 heavy (non-hydrogen) atoms. The average Bonchev–Trinajstić information content (AvgIpc) is 2.29. The van der Waals surface area contributed by atoms with Gasteiger partial charge >= 0.3 is 5.97 Å². The molecule has 0 aromatic carbocycles. The third-order valence-electron chi connectivity index (χ3n) is 4.08. The van der Waals surface area contributed by atoms with E-state index in [-0.39, 0.29) is 5.92 Å². The van der Waals surface area contributed by atoms with Crippen molar-refractivity contribution in [3.8, 4) is 0 Å². The summed E-state index contributed by atoms with van der Waals surface area (Å²) in [7, 11) is 0. The van der Waals surface area contributed by atoms with E-state index in [1.54, 1.807) is 0 Å². The zero-order chi connectivity index (χ0) is 13.5. The molecule has 1 fully saturated rings. The summed E-state index contributed by atoms with van der Waals surface area (Å²) < 4.78 is 0. The quantitative estimate of drug-likeness (QED) is 0.734. The predicted octanol–water partition coefficient (Wildman–Crippen LogP) is 3.29. The molecule has 3 heteroatoms. The van der Waals surface area contributed by atoms with Crippen LogP contribution in [0.3, 0.4) is 0 Å². The van der Waals surface area contributed by atoms with Crippen LogP contribution in [0.15, 0.2) is 0 Å². The van der Waals surface area contributed by atoms with Crippen LogP contribution in [-0.4, -0.2) is 23.7 Å². The summed E-state index contributed by atoms with van der Waals surface area (Å²) in [5.41, 5.74) is 0. The maximum Gasteiger partial charge on any atom is 0.320 e. The molecule has 0 heterocycles. The SMILES string of the molecule is CC(CN[C@@H](C(=O)O)C(C)C)CC1CCCCC1. The normalized spacial score (nSPS) is 20.9. The number of carbonyl (C=O) groups is 1. The fourth-order valence-corrected chi connectivity index (χ4v) is 3.01. The molecule has 0 saturated heterocycles. The van der Waals surface area contributed by atoms with E-state index in [2.05, 4.69) is 12.2 Å². The van der Waals surface area contributed by atoms with E-state index in [4.69, 9.17) is 5.11 Å². The van der Waals surface area contributed by atoms with Gasteiger partial charge in [0, 0.05) is 0 Å². The van der Waals surface area contributed by atoms with Gasteiger partial charge < -0.3 is 10.4 Å². The molecule has 0 radical (unpaired) electrons. The molecule has 0 bridgehead atoms. The highest BCUT2D eigenvalue weighted by molar-refractivity contribution is 5.73. The van der Waals surface area contributed by atoms with Crippen LogP contribution in [-0.2, 0) is 4.79 Å². The minimum Gasteiger partial charge on any atom is -0.480 e. The van der Waals surface area contributed by atoms with Gasteiger partial charge in [-0.05, 0) is 30.7 Å². The lowest BCUT2D eigenvalue weighted by Gasteiger charge is -2.26. The third kappa shape index (κ3) is 5.38. The molecule has 1 unspecified atom stereocenters. The van der Waals surface area contributed by atoms with Gasteiger partial charge in [0.2, 0.25) is 0 Å². The highest BCUT2D eigenvalue weighted by Crippen LogP contribution is 2.28. The van der Waals surface area contributed by atoms with Gasteiger partial charge in [-0.3, -0.25) is 4.79 Å². The first-order valence-electron chi connectivity index (χ1n) is 7.47. The Bertz CT molecular complexity index is 247. The number of carboxylic acid groups (broad SMARTS) is 1. The van der Waals surface area contributed by atoms with Crippen molar-refractivity contribution < 1.29 is 9.90 Å². The number of aliphatic carboxylic acids is 1. The summed E-state index contributed by atoms with van der Waals surface area (Å²) in [6, 6.07) is -0.404. The van der Waals surface area contributed by atoms with Crippen LogP contribution in [0, 0.1) is 17.8 Å². The molecule has 1 rings (SSSR count). The first-order chi connectivity index (χ1) is 8.50. The largest absolute Gasteiger partial charge is 0.480 e. The van der Waals surface area contributed by atoms with Crippen LogP contribution in [0.5, 0.6) is 0 Å². The van der Waals surface area contributed by atoms with E-state index < -0.39 is 12.0 Å². The lowest BCUT2D eigenvalue weighted by Crippen LogP contribution is -2.43. The van der Waals surface area contributed by atoms with Gasteiger partial charge in [0.25, 0.3) is 0 Å². The van der Waals surface area contributed by atoms with E-state index >= 15 is 0 Å². The molecular weight excluding hydrogens is 226 g/mol. The van der Waals surface area contributed by atoms with Gasteiger partial charge in [-0.2, -0.15) is 0 Å². The van der Waals surface area contributed by atoms with E-state index in [1.165, 1.54) is 38.5 Å². The van der Waals surface area contributed by atoms with Gasteiger partial charge in [-0.25, -0.2) is 0 Å². The van der Waals surface area contributed by atoms with Crippen LogP contribution in [0.4, 0.5) is 0 Å². The Morgan fingerprint density at radius 1 is 1.22 bits per heavy atom. The highest BCUT2D eigenvalue weighted by Gasteiger charge is 2.22. The van der Waals surface area contributed by atoms with Crippen LogP contribution < -0.4 is 5.32 Å². The van der Waals surface area contributed by atoms with Crippen LogP contribution in [0.2, 0.25) is 0 Å². The first-order valence-corrected chi connectivity index (χ1v) is 7.47. The smallest absolute Gasteiger partial charge is 0.320 e. The zero-order valence-corrected chi connectivity index (χ0v) is 12.1. The summed E-state index contributed by atoms with van der Waals surface area (Å²) in [5, 5.41) is 12.3. The molecule has 0 amide bonds. The van der Waals surface area contributed by atoms with Crippen molar-refractivity contribution in [1.82, 2.24) is 5.32 Å². The molecule has 2 atom stereocenters. The van der Waals surface area contributed by atoms with Crippen molar-refractivity contribution in [3.05, 3.63) is 0 Å².